The van der Waals surface area contributed by atoms with Crippen LogP contribution in [0, 0.1) is 6.92 Å². The molecular weight excluding hydrogens is 238 g/mol. The van der Waals surface area contributed by atoms with E-state index in [9.17, 15) is 9.59 Å². The van der Waals surface area contributed by atoms with E-state index in [1.165, 1.54) is 4.90 Å². The van der Waals surface area contributed by atoms with Crippen LogP contribution in [-0.2, 0) is 11.3 Å². The van der Waals surface area contributed by atoms with E-state index in [4.69, 9.17) is 9.63 Å². The van der Waals surface area contributed by atoms with E-state index in [2.05, 4.69) is 10.5 Å². The van der Waals surface area contributed by atoms with Gasteiger partial charge in [0.25, 0.3) is 0 Å². The van der Waals surface area contributed by atoms with Gasteiger partial charge in [0.05, 0.1) is 18.7 Å². The van der Waals surface area contributed by atoms with Gasteiger partial charge in [-0.1, -0.05) is 5.16 Å². The van der Waals surface area contributed by atoms with Crippen LogP contribution in [0.5, 0.6) is 0 Å². The van der Waals surface area contributed by atoms with Gasteiger partial charge in [0.1, 0.15) is 0 Å². The number of carboxylic acids is 1. The molecule has 0 atom stereocenters. The van der Waals surface area contributed by atoms with Crippen molar-refractivity contribution in [3.63, 3.8) is 0 Å². The molecule has 0 saturated heterocycles. The summed E-state index contributed by atoms with van der Waals surface area (Å²) in [5, 5.41) is 14.9. The quantitative estimate of drug-likeness (QED) is 0.790. The SMILES string of the molecule is CCN(CCC(=O)O)C(=O)NCc1cc(C)no1. The lowest BCUT2D eigenvalue weighted by Crippen LogP contribution is -2.40. The number of hydrogen-bond acceptors (Lipinski definition) is 4. The minimum absolute atomic E-state index is 0.0668. The van der Waals surface area contributed by atoms with E-state index in [1.807, 2.05) is 0 Å². The Morgan fingerprint density at radius 3 is 2.78 bits per heavy atom. The fraction of sp³-hybridized carbons (Fsp3) is 0.545. The van der Waals surface area contributed by atoms with E-state index < -0.39 is 5.97 Å². The number of carbonyl (C=O) groups is 2. The Morgan fingerprint density at radius 2 is 2.28 bits per heavy atom. The molecule has 0 saturated carbocycles. The van der Waals surface area contributed by atoms with Crippen molar-refractivity contribution >= 4 is 12.0 Å². The summed E-state index contributed by atoms with van der Waals surface area (Å²) in [6.45, 7) is 4.46. The second-order valence-corrected chi connectivity index (χ2v) is 3.82. The van der Waals surface area contributed by atoms with Crippen LogP contribution in [-0.4, -0.2) is 40.3 Å². The molecule has 2 amide bonds. The Morgan fingerprint density at radius 1 is 1.56 bits per heavy atom. The maximum atomic E-state index is 11.7. The number of nitrogens with one attached hydrogen (secondary N) is 1. The van der Waals surface area contributed by atoms with Gasteiger partial charge in [-0.25, -0.2) is 4.79 Å². The smallest absolute Gasteiger partial charge is 0.317 e. The zero-order valence-corrected chi connectivity index (χ0v) is 10.5. The molecule has 1 rings (SSSR count). The Bertz CT molecular complexity index is 416. The van der Waals surface area contributed by atoms with Crippen molar-refractivity contribution in [1.29, 1.82) is 0 Å². The molecule has 0 unspecified atom stereocenters. The molecule has 2 N–H and O–H groups in total. The number of amides is 2. The lowest BCUT2D eigenvalue weighted by atomic mass is 10.3. The lowest BCUT2D eigenvalue weighted by molar-refractivity contribution is -0.137. The van der Waals surface area contributed by atoms with Gasteiger partial charge in [-0.15, -0.1) is 0 Å². The average Bonchev–Trinajstić information content (AvgIpc) is 2.73. The topological polar surface area (TPSA) is 95.7 Å². The number of rotatable bonds is 6. The number of aliphatic carboxylic acids is 1. The summed E-state index contributed by atoms with van der Waals surface area (Å²) >= 11 is 0. The second kappa shape index (κ2) is 6.63. The summed E-state index contributed by atoms with van der Waals surface area (Å²) in [6, 6.07) is 1.42. The third-order valence-electron chi connectivity index (χ3n) is 2.36. The molecule has 0 fully saturated rings. The van der Waals surface area contributed by atoms with Crippen molar-refractivity contribution in [3.8, 4) is 0 Å². The first-order valence-electron chi connectivity index (χ1n) is 5.69. The molecule has 0 spiro atoms. The summed E-state index contributed by atoms with van der Waals surface area (Å²) in [7, 11) is 0. The third-order valence-corrected chi connectivity index (χ3v) is 2.36. The summed E-state index contributed by atoms with van der Waals surface area (Å²) < 4.78 is 4.95. The first-order valence-corrected chi connectivity index (χ1v) is 5.69. The molecule has 0 aliphatic heterocycles. The zero-order valence-electron chi connectivity index (χ0n) is 10.5. The first-order chi connectivity index (χ1) is 8.52. The van der Waals surface area contributed by atoms with Crippen LogP contribution in [0.25, 0.3) is 0 Å². The van der Waals surface area contributed by atoms with Crippen molar-refractivity contribution in [2.75, 3.05) is 13.1 Å². The molecule has 100 valence electrons. The van der Waals surface area contributed by atoms with Crippen LogP contribution in [0.2, 0.25) is 0 Å². The zero-order chi connectivity index (χ0) is 13.5. The first kappa shape index (κ1) is 14.0. The number of carboxylic acid groups (broad SMARTS) is 1. The normalized spacial score (nSPS) is 10.1. The molecule has 0 radical (unpaired) electrons. The van der Waals surface area contributed by atoms with Crippen LogP contribution >= 0.6 is 0 Å². The van der Waals surface area contributed by atoms with Gasteiger partial charge >= 0.3 is 12.0 Å². The lowest BCUT2D eigenvalue weighted by Gasteiger charge is -2.19. The van der Waals surface area contributed by atoms with Gasteiger partial charge in [0.15, 0.2) is 5.76 Å². The van der Waals surface area contributed by atoms with Gasteiger partial charge in [-0.05, 0) is 13.8 Å². The summed E-state index contributed by atoms with van der Waals surface area (Å²) in [4.78, 5) is 23.6. The number of hydrogen-bond donors (Lipinski definition) is 2. The Hall–Kier alpha value is -2.05. The van der Waals surface area contributed by atoms with Gasteiger partial charge in [0.2, 0.25) is 0 Å². The maximum absolute atomic E-state index is 11.7. The Kier molecular flexibility index (Phi) is 5.16. The fourth-order valence-electron chi connectivity index (χ4n) is 1.41. The number of urea groups is 1. The molecule has 1 aromatic heterocycles. The number of aromatic nitrogens is 1. The minimum atomic E-state index is -0.924. The summed E-state index contributed by atoms with van der Waals surface area (Å²) in [6.07, 6.45) is -0.0668. The molecule has 1 heterocycles. The monoisotopic (exact) mass is 255 g/mol. The second-order valence-electron chi connectivity index (χ2n) is 3.82. The minimum Gasteiger partial charge on any atom is -0.481 e. The summed E-state index contributed by atoms with van der Waals surface area (Å²) in [5.74, 6) is -0.359. The predicted octanol–water partition coefficient (Wildman–Crippen LogP) is 0.989. The summed E-state index contributed by atoms with van der Waals surface area (Å²) in [5.41, 5.74) is 0.748. The molecule has 18 heavy (non-hydrogen) atoms. The van der Waals surface area contributed by atoms with Crippen molar-refractivity contribution in [1.82, 2.24) is 15.4 Å². The highest BCUT2D eigenvalue weighted by molar-refractivity contribution is 5.75. The average molecular weight is 255 g/mol. The van der Waals surface area contributed by atoms with Gasteiger partial charge in [-0.2, -0.15) is 0 Å². The molecule has 0 bridgehead atoms. The molecule has 0 aliphatic rings. The Balaban J connectivity index is 2.39. The van der Waals surface area contributed by atoms with Crippen LogP contribution in [0.15, 0.2) is 10.6 Å². The van der Waals surface area contributed by atoms with Crippen molar-refractivity contribution < 1.29 is 19.2 Å². The van der Waals surface area contributed by atoms with Crippen LogP contribution in [0.3, 0.4) is 0 Å². The standard InChI is InChI=1S/C11H17N3O4/c1-3-14(5-4-10(15)16)11(17)12-7-9-6-8(2)13-18-9/h6H,3-5,7H2,1-2H3,(H,12,17)(H,15,16). The van der Waals surface area contributed by atoms with Crippen molar-refractivity contribution in [2.45, 2.75) is 26.8 Å². The molecule has 1 aromatic rings. The number of aryl methyl sites for hydroxylation is 1. The molecule has 7 heteroatoms. The third kappa shape index (κ3) is 4.44. The van der Waals surface area contributed by atoms with E-state index in [0.717, 1.165) is 5.69 Å². The van der Waals surface area contributed by atoms with Crippen LogP contribution in [0.1, 0.15) is 24.8 Å². The van der Waals surface area contributed by atoms with Gasteiger partial charge in [-0.3, -0.25) is 4.79 Å². The largest absolute Gasteiger partial charge is 0.481 e. The highest BCUT2D eigenvalue weighted by Gasteiger charge is 2.13. The van der Waals surface area contributed by atoms with E-state index >= 15 is 0 Å². The van der Waals surface area contributed by atoms with Gasteiger partial charge in [0, 0.05) is 19.2 Å². The number of nitrogens with zero attached hydrogens (tertiary/aromatic N) is 2. The van der Waals surface area contributed by atoms with Crippen LogP contribution in [0.4, 0.5) is 4.79 Å². The highest BCUT2D eigenvalue weighted by Crippen LogP contribution is 2.02. The van der Waals surface area contributed by atoms with Crippen molar-refractivity contribution in [2.24, 2.45) is 0 Å². The molecule has 0 aromatic carbocycles. The fourth-order valence-corrected chi connectivity index (χ4v) is 1.41. The number of carbonyl (C=O) groups excluding carboxylic acids is 1. The molecule has 7 nitrogen and oxygen atoms in total. The predicted molar refractivity (Wildman–Crippen MR) is 63.0 cm³/mol. The Labute approximate surface area is 105 Å². The highest BCUT2D eigenvalue weighted by atomic mass is 16.5. The molecular formula is C11H17N3O4. The van der Waals surface area contributed by atoms with E-state index in [-0.39, 0.29) is 25.5 Å². The maximum Gasteiger partial charge on any atom is 0.317 e. The van der Waals surface area contributed by atoms with Crippen LogP contribution < -0.4 is 5.32 Å². The van der Waals surface area contributed by atoms with Gasteiger partial charge < -0.3 is 19.8 Å². The van der Waals surface area contributed by atoms with E-state index in [0.29, 0.717) is 12.3 Å². The molecule has 0 aliphatic carbocycles. The van der Waals surface area contributed by atoms with Crippen molar-refractivity contribution in [3.05, 3.63) is 17.5 Å². The van der Waals surface area contributed by atoms with E-state index in [1.54, 1.807) is 19.9 Å².